The van der Waals surface area contributed by atoms with Crippen molar-refractivity contribution in [2.75, 3.05) is 7.11 Å². The number of ether oxygens (including phenoxy) is 2. The van der Waals surface area contributed by atoms with E-state index in [1.54, 1.807) is 18.2 Å². The second-order valence-electron chi connectivity index (χ2n) is 8.60. The maximum absolute atomic E-state index is 13.4. The summed E-state index contributed by atoms with van der Waals surface area (Å²) in [5.41, 5.74) is 0.345. The molecular weight excluding hydrogens is 532 g/mol. The Morgan fingerprint density at radius 3 is 2.69 bits per heavy atom. The van der Waals surface area contributed by atoms with Crippen LogP contribution < -0.4 is 10.3 Å². The number of halogens is 1. The minimum Gasteiger partial charge on any atom is -0.472 e. The molecule has 0 N–H and O–H groups in total. The highest BCUT2D eigenvalue weighted by molar-refractivity contribution is 9.10. The molecule has 1 heterocycles. The van der Waals surface area contributed by atoms with Crippen molar-refractivity contribution in [3.63, 3.8) is 0 Å². The number of hydrogen-bond donors (Lipinski definition) is 0. The summed E-state index contributed by atoms with van der Waals surface area (Å²) in [6.07, 6.45) is 5.46. The van der Waals surface area contributed by atoms with Gasteiger partial charge in [-0.1, -0.05) is 35.2 Å². The lowest BCUT2D eigenvalue weighted by Gasteiger charge is -2.22. The molecular formula is C25H25BrN4O6. The fraction of sp³-hybridized carbons (Fsp3) is 0.360. The first-order chi connectivity index (χ1) is 17.3. The number of esters is 1. The first-order valence-electron chi connectivity index (χ1n) is 11.6. The van der Waals surface area contributed by atoms with Gasteiger partial charge < -0.3 is 9.47 Å². The van der Waals surface area contributed by atoms with Crippen molar-refractivity contribution in [2.45, 2.75) is 51.0 Å². The number of carbonyl (C=O) groups excluding carboxylic acids is 1. The molecule has 1 aromatic heterocycles. The fourth-order valence-corrected chi connectivity index (χ4v) is 4.65. The second kappa shape index (κ2) is 11.0. The minimum atomic E-state index is -1.02. The Labute approximate surface area is 215 Å². The van der Waals surface area contributed by atoms with Crippen LogP contribution in [0.25, 0.3) is 10.9 Å². The van der Waals surface area contributed by atoms with E-state index < -0.39 is 17.0 Å². The van der Waals surface area contributed by atoms with Gasteiger partial charge in [0.25, 0.3) is 5.56 Å². The van der Waals surface area contributed by atoms with Gasteiger partial charge in [-0.2, -0.15) is 9.78 Å². The van der Waals surface area contributed by atoms with Crippen molar-refractivity contribution in [3.8, 4) is 5.75 Å². The zero-order chi connectivity index (χ0) is 25.8. The zero-order valence-electron chi connectivity index (χ0n) is 19.8. The van der Waals surface area contributed by atoms with E-state index in [9.17, 15) is 19.7 Å². The Bertz CT molecular complexity index is 1400. The molecule has 1 saturated carbocycles. The van der Waals surface area contributed by atoms with Crippen LogP contribution in [0.4, 0.5) is 5.69 Å². The van der Waals surface area contributed by atoms with Gasteiger partial charge in [0.2, 0.25) is 0 Å². The summed E-state index contributed by atoms with van der Waals surface area (Å²) in [6, 6.07) is 9.58. The van der Waals surface area contributed by atoms with E-state index in [4.69, 9.17) is 9.72 Å². The Kier molecular flexibility index (Phi) is 7.78. The lowest BCUT2D eigenvalue weighted by molar-refractivity contribution is -0.386. The Morgan fingerprint density at radius 2 is 2.00 bits per heavy atom. The number of rotatable bonds is 7. The average molecular weight is 557 g/mol. The molecule has 3 aromatic rings. The monoisotopic (exact) mass is 556 g/mol. The van der Waals surface area contributed by atoms with Crippen molar-refractivity contribution < 1.29 is 19.2 Å². The van der Waals surface area contributed by atoms with E-state index in [1.165, 1.54) is 37.1 Å². The van der Waals surface area contributed by atoms with Gasteiger partial charge in [0.05, 0.1) is 29.2 Å². The van der Waals surface area contributed by atoms with Gasteiger partial charge in [-0.15, -0.1) is 0 Å². The van der Waals surface area contributed by atoms with Crippen LogP contribution in [0, 0.1) is 10.1 Å². The van der Waals surface area contributed by atoms with Crippen LogP contribution in [0.5, 0.6) is 5.75 Å². The fourth-order valence-electron chi connectivity index (χ4n) is 4.29. The zero-order valence-corrected chi connectivity index (χ0v) is 21.4. The van der Waals surface area contributed by atoms with Gasteiger partial charge in [0.15, 0.2) is 11.9 Å². The first-order valence-corrected chi connectivity index (χ1v) is 12.4. The van der Waals surface area contributed by atoms with Crippen molar-refractivity contribution >= 4 is 44.7 Å². The topological polar surface area (TPSA) is 126 Å². The van der Waals surface area contributed by atoms with Gasteiger partial charge in [-0.3, -0.25) is 14.9 Å². The van der Waals surface area contributed by atoms with Gasteiger partial charge in [0, 0.05) is 22.0 Å². The van der Waals surface area contributed by atoms with E-state index in [2.05, 4.69) is 25.8 Å². The first kappa shape index (κ1) is 25.5. The predicted molar refractivity (Wildman–Crippen MR) is 138 cm³/mol. The molecule has 11 heteroatoms. The van der Waals surface area contributed by atoms with Crippen molar-refractivity contribution in [2.24, 2.45) is 5.10 Å². The van der Waals surface area contributed by atoms with Crippen LogP contribution in [0.1, 0.15) is 56.3 Å². The van der Waals surface area contributed by atoms with Gasteiger partial charge in [0.1, 0.15) is 5.82 Å². The van der Waals surface area contributed by atoms with Crippen LogP contribution in [0.2, 0.25) is 0 Å². The summed E-state index contributed by atoms with van der Waals surface area (Å²) in [4.78, 5) is 40.9. The summed E-state index contributed by atoms with van der Waals surface area (Å²) in [6.45, 7) is 1.44. The number of hydrogen-bond acceptors (Lipinski definition) is 8. The summed E-state index contributed by atoms with van der Waals surface area (Å²) >= 11 is 3.40. The highest BCUT2D eigenvalue weighted by Crippen LogP contribution is 2.32. The Hall–Kier alpha value is -3.60. The van der Waals surface area contributed by atoms with Gasteiger partial charge in [-0.25, -0.2) is 9.78 Å². The molecule has 1 aliphatic carbocycles. The number of nitro benzene ring substituents is 1. The van der Waals surface area contributed by atoms with E-state index >= 15 is 0 Å². The van der Waals surface area contributed by atoms with E-state index in [0.29, 0.717) is 22.3 Å². The number of carbonyl (C=O) groups is 1. The van der Waals surface area contributed by atoms with Crippen LogP contribution in [-0.4, -0.2) is 40.0 Å². The van der Waals surface area contributed by atoms with E-state index in [0.717, 1.165) is 36.6 Å². The molecule has 0 amide bonds. The maximum Gasteiger partial charge on any atom is 0.346 e. The van der Waals surface area contributed by atoms with Crippen LogP contribution in [0.3, 0.4) is 0 Å². The molecule has 1 fully saturated rings. The third-order valence-electron chi connectivity index (χ3n) is 6.14. The average Bonchev–Trinajstić information content (AvgIpc) is 2.88. The highest BCUT2D eigenvalue weighted by atomic mass is 79.9. The third kappa shape index (κ3) is 5.46. The molecule has 0 radical (unpaired) electrons. The summed E-state index contributed by atoms with van der Waals surface area (Å²) in [7, 11) is 1.21. The third-order valence-corrected chi connectivity index (χ3v) is 6.64. The number of aromatic nitrogens is 2. The number of nitrogens with zero attached hydrogens (tertiary/aromatic N) is 4. The van der Waals surface area contributed by atoms with Crippen molar-refractivity contribution in [1.82, 2.24) is 9.66 Å². The van der Waals surface area contributed by atoms with Gasteiger partial charge >= 0.3 is 11.7 Å². The quantitative estimate of drug-likeness (QED) is 0.174. The maximum atomic E-state index is 13.4. The molecule has 0 bridgehead atoms. The second-order valence-corrected chi connectivity index (χ2v) is 9.51. The molecule has 1 aliphatic rings. The van der Waals surface area contributed by atoms with E-state index in [1.807, 2.05) is 6.07 Å². The molecule has 1 atom stereocenters. The molecule has 4 rings (SSSR count). The number of nitro groups is 1. The molecule has 0 spiro atoms. The lowest BCUT2D eigenvalue weighted by atomic mass is 9.88. The molecule has 0 aliphatic heterocycles. The van der Waals surface area contributed by atoms with E-state index in [-0.39, 0.29) is 22.9 Å². The summed E-state index contributed by atoms with van der Waals surface area (Å²) in [5, 5.41) is 16.5. The van der Waals surface area contributed by atoms with Crippen molar-refractivity contribution in [1.29, 1.82) is 0 Å². The Balaban J connectivity index is 1.75. The standard InChI is InChI=1S/C25H25BrN4O6/c1-15(25(32)35-2)36-22-11-8-16(12-21(22)30(33)34)14-27-29-23(17-6-4-3-5-7-17)28-20-10-9-18(26)13-19(20)24(29)31/h8-15,17H,3-7H2,1-2H3/t15-/m1/s1. The molecule has 0 saturated heterocycles. The summed E-state index contributed by atoms with van der Waals surface area (Å²) in [5.74, 6) is -0.0407. The summed E-state index contributed by atoms with van der Waals surface area (Å²) < 4.78 is 12.1. The van der Waals surface area contributed by atoms with Crippen LogP contribution in [0.15, 0.2) is 50.8 Å². The highest BCUT2D eigenvalue weighted by Gasteiger charge is 2.24. The van der Waals surface area contributed by atoms with Crippen LogP contribution in [-0.2, 0) is 9.53 Å². The number of benzene rings is 2. The molecule has 10 nitrogen and oxygen atoms in total. The molecule has 36 heavy (non-hydrogen) atoms. The Morgan fingerprint density at radius 1 is 1.25 bits per heavy atom. The predicted octanol–water partition coefficient (Wildman–Crippen LogP) is 4.94. The number of fused-ring (bicyclic) bond motifs is 1. The minimum absolute atomic E-state index is 0.0765. The SMILES string of the molecule is COC(=O)[C@@H](C)Oc1ccc(C=Nn2c(C3CCCCC3)nc3ccc(Br)cc3c2=O)cc1[N+](=O)[O-]. The number of methoxy groups -OCH3 is 1. The molecule has 2 aromatic carbocycles. The lowest BCUT2D eigenvalue weighted by Crippen LogP contribution is -2.25. The normalized spacial score (nSPS) is 15.2. The largest absolute Gasteiger partial charge is 0.472 e. The van der Waals surface area contributed by atoms with Crippen molar-refractivity contribution in [3.05, 3.63) is 72.7 Å². The van der Waals surface area contributed by atoms with Crippen LogP contribution >= 0.6 is 15.9 Å². The molecule has 188 valence electrons. The smallest absolute Gasteiger partial charge is 0.346 e. The van der Waals surface area contributed by atoms with Gasteiger partial charge in [-0.05, 0) is 50.1 Å². The molecule has 0 unspecified atom stereocenters.